The number of hydrogen-bond acceptors (Lipinski definition) is 4. The van der Waals surface area contributed by atoms with Gasteiger partial charge in [-0.25, -0.2) is 4.98 Å². The minimum Gasteiger partial charge on any atom is -0.319 e. The molecule has 0 saturated heterocycles. The van der Waals surface area contributed by atoms with E-state index in [1.54, 1.807) is 11.3 Å². The summed E-state index contributed by atoms with van der Waals surface area (Å²) >= 11 is 1.76. The van der Waals surface area contributed by atoms with E-state index in [1.807, 2.05) is 20.2 Å². The van der Waals surface area contributed by atoms with Crippen LogP contribution >= 0.6 is 11.3 Å². The Kier molecular flexibility index (Phi) is 5.51. The van der Waals surface area contributed by atoms with E-state index in [4.69, 9.17) is 0 Å². The zero-order valence-corrected chi connectivity index (χ0v) is 12.4. The Bertz CT molecular complexity index is 508. The number of aryl methyl sites for hydroxylation is 1. The summed E-state index contributed by atoms with van der Waals surface area (Å²) < 4.78 is 0. The van der Waals surface area contributed by atoms with Gasteiger partial charge in [-0.3, -0.25) is 0 Å². The number of aromatic nitrogens is 1. The molecule has 0 aliphatic carbocycles. The molecule has 3 nitrogen and oxygen atoms in total. The van der Waals surface area contributed by atoms with E-state index in [-0.39, 0.29) is 0 Å². The summed E-state index contributed by atoms with van der Waals surface area (Å²) in [6.45, 7) is 4.87. The molecule has 0 saturated carbocycles. The number of thiazole rings is 1. The largest absolute Gasteiger partial charge is 0.319 e. The molecule has 102 valence electrons. The number of nitrogens with zero attached hydrogens (tertiary/aromatic N) is 1. The topological polar surface area (TPSA) is 37.0 Å². The fourth-order valence-corrected chi connectivity index (χ4v) is 2.81. The molecular formula is C15H21N3S. The van der Waals surface area contributed by atoms with E-state index in [2.05, 4.69) is 39.9 Å². The predicted octanol–water partition coefficient (Wildman–Crippen LogP) is 2.50. The normalized spacial score (nSPS) is 10.8. The van der Waals surface area contributed by atoms with Gasteiger partial charge in [0, 0.05) is 24.2 Å². The molecule has 1 aromatic heterocycles. The van der Waals surface area contributed by atoms with E-state index in [0.717, 1.165) is 31.1 Å². The highest BCUT2D eigenvalue weighted by molar-refractivity contribution is 7.11. The molecule has 0 atom stereocenters. The first-order chi connectivity index (χ1) is 9.29. The summed E-state index contributed by atoms with van der Waals surface area (Å²) in [5, 5.41) is 7.83. The zero-order chi connectivity index (χ0) is 13.5. The van der Waals surface area contributed by atoms with Crippen LogP contribution in [0.25, 0.3) is 0 Å². The molecule has 0 bridgehead atoms. The molecule has 1 aromatic carbocycles. The highest BCUT2D eigenvalue weighted by atomic mass is 32.1. The third kappa shape index (κ3) is 4.42. The summed E-state index contributed by atoms with van der Waals surface area (Å²) in [4.78, 5) is 5.57. The Labute approximate surface area is 119 Å². The summed E-state index contributed by atoms with van der Waals surface area (Å²) in [7, 11) is 1.99. The molecular weight excluding hydrogens is 254 g/mol. The van der Waals surface area contributed by atoms with Crippen LogP contribution in [-0.2, 0) is 19.5 Å². The second-order valence-corrected chi connectivity index (χ2v) is 5.89. The molecule has 19 heavy (non-hydrogen) atoms. The van der Waals surface area contributed by atoms with Crippen LogP contribution in [0.15, 0.2) is 30.5 Å². The van der Waals surface area contributed by atoms with Gasteiger partial charge in [0.15, 0.2) is 0 Å². The van der Waals surface area contributed by atoms with Gasteiger partial charge in [0.2, 0.25) is 0 Å². The van der Waals surface area contributed by atoms with Crippen LogP contribution in [-0.4, -0.2) is 18.6 Å². The standard InChI is InChI=1S/C15H21N3S/c1-12-18-11-15(19-12)10-17-9-14-6-4-3-5-13(14)7-8-16-2/h3-6,11,16-17H,7-10H2,1-2H3. The van der Waals surface area contributed by atoms with E-state index in [1.165, 1.54) is 16.0 Å². The van der Waals surface area contributed by atoms with Gasteiger partial charge in [-0.1, -0.05) is 24.3 Å². The van der Waals surface area contributed by atoms with E-state index in [0.29, 0.717) is 0 Å². The van der Waals surface area contributed by atoms with Gasteiger partial charge < -0.3 is 10.6 Å². The van der Waals surface area contributed by atoms with Crippen molar-refractivity contribution in [3.63, 3.8) is 0 Å². The molecule has 2 N–H and O–H groups in total. The first kappa shape index (κ1) is 14.2. The van der Waals surface area contributed by atoms with Crippen LogP contribution < -0.4 is 10.6 Å². The number of hydrogen-bond donors (Lipinski definition) is 2. The Morgan fingerprint density at radius 1 is 1.16 bits per heavy atom. The van der Waals surface area contributed by atoms with Crippen molar-refractivity contribution in [1.29, 1.82) is 0 Å². The van der Waals surface area contributed by atoms with Gasteiger partial charge in [0.25, 0.3) is 0 Å². The molecule has 2 aromatic rings. The maximum absolute atomic E-state index is 4.27. The van der Waals surface area contributed by atoms with Gasteiger partial charge >= 0.3 is 0 Å². The van der Waals surface area contributed by atoms with E-state index >= 15 is 0 Å². The minimum absolute atomic E-state index is 0.895. The number of benzene rings is 1. The van der Waals surface area contributed by atoms with Crippen LogP contribution in [0.2, 0.25) is 0 Å². The molecule has 0 spiro atoms. The van der Waals surface area contributed by atoms with Crippen molar-refractivity contribution in [3.05, 3.63) is 51.5 Å². The highest BCUT2D eigenvalue weighted by Gasteiger charge is 2.02. The lowest BCUT2D eigenvalue weighted by Gasteiger charge is -2.10. The van der Waals surface area contributed by atoms with Crippen LogP contribution in [0, 0.1) is 6.92 Å². The van der Waals surface area contributed by atoms with Crippen molar-refractivity contribution < 1.29 is 0 Å². The average molecular weight is 275 g/mol. The maximum atomic E-state index is 4.27. The first-order valence-corrected chi connectivity index (χ1v) is 7.44. The van der Waals surface area contributed by atoms with E-state index < -0.39 is 0 Å². The van der Waals surface area contributed by atoms with Crippen LogP contribution in [0.3, 0.4) is 0 Å². The Hall–Kier alpha value is -1.23. The molecule has 4 heteroatoms. The number of likely N-dealkylation sites (N-methyl/N-ethyl adjacent to an activating group) is 1. The van der Waals surface area contributed by atoms with Gasteiger partial charge in [-0.15, -0.1) is 11.3 Å². The number of rotatable bonds is 7. The Morgan fingerprint density at radius 3 is 2.63 bits per heavy atom. The fraction of sp³-hybridized carbons (Fsp3) is 0.400. The SMILES string of the molecule is CNCCc1ccccc1CNCc1cnc(C)s1. The van der Waals surface area contributed by atoms with Gasteiger partial charge in [0.1, 0.15) is 0 Å². The van der Waals surface area contributed by atoms with Crippen LogP contribution in [0.5, 0.6) is 0 Å². The smallest absolute Gasteiger partial charge is 0.0897 e. The van der Waals surface area contributed by atoms with Crippen LogP contribution in [0.4, 0.5) is 0 Å². The minimum atomic E-state index is 0.895. The summed E-state index contributed by atoms with van der Waals surface area (Å²) in [6.07, 6.45) is 3.04. The highest BCUT2D eigenvalue weighted by Crippen LogP contribution is 2.12. The zero-order valence-electron chi connectivity index (χ0n) is 11.6. The molecule has 0 fully saturated rings. The van der Waals surface area contributed by atoms with Crippen molar-refractivity contribution in [1.82, 2.24) is 15.6 Å². The quantitative estimate of drug-likeness (QED) is 0.815. The van der Waals surface area contributed by atoms with Crippen molar-refractivity contribution in [2.24, 2.45) is 0 Å². The Morgan fingerprint density at radius 2 is 1.95 bits per heavy atom. The molecule has 0 aliphatic heterocycles. The monoisotopic (exact) mass is 275 g/mol. The molecule has 2 rings (SSSR count). The Balaban J connectivity index is 1.88. The van der Waals surface area contributed by atoms with Crippen molar-refractivity contribution in [3.8, 4) is 0 Å². The fourth-order valence-electron chi connectivity index (χ4n) is 2.04. The second-order valence-electron chi connectivity index (χ2n) is 4.57. The maximum Gasteiger partial charge on any atom is 0.0897 e. The summed E-state index contributed by atoms with van der Waals surface area (Å²) in [6, 6.07) is 8.64. The average Bonchev–Trinajstić information content (AvgIpc) is 2.83. The van der Waals surface area contributed by atoms with Crippen LogP contribution in [0.1, 0.15) is 21.0 Å². The van der Waals surface area contributed by atoms with Gasteiger partial charge in [-0.05, 0) is 38.1 Å². The lowest BCUT2D eigenvalue weighted by molar-refractivity contribution is 0.689. The van der Waals surface area contributed by atoms with Gasteiger partial charge in [-0.2, -0.15) is 0 Å². The molecule has 0 aliphatic rings. The van der Waals surface area contributed by atoms with Crippen molar-refractivity contribution in [2.45, 2.75) is 26.4 Å². The van der Waals surface area contributed by atoms with E-state index in [9.17, 15) is 0 Å². The third-order valence-electron chi connectivity index (χ3n) is 3.05. The third-order valence-corrected chi connectivity index (χ3v) is 3.96. The predicted molar refractivity (Wildman–Crippen MR) is 81.5 cm³/mol. The van der Waals surface area contributed by atoms with Crippen molar-refractivity contribution in [2.75, 3.05) is 13.6 Å². The molecule has 0 amide bonds. The number of nitrogens with one attached hydrogen (secondary N) is 2. The van der Waals surface area contributed by atoms with Gasteiger partial charge in [0.05, 0.1) is 5.01 Å². The summed E-state index contributed by atoms with van der Waals surface area (Å²) in [5.74, 6) is 0. The lowest BCUT2D eigenvalue weighted by atomic mass is 10.0. The van der Waals surface area contributed by atoms with Crippen molar-refractivity contribution >= 4 is 11.3 Å². The summed E-state index contributed by atoms with van der Waals surface area (Å²) in [5.41, 5.74) is 2.81. The molecule has 0 unspecified atom stereocenters. The molecule has 1 heterocycles. The lowest BCUT2D eigenvalue weighted by Crippen LogP contribution is -2.15. The first-order valence-electron chi connectivity index (χ1n) is 6.63. The molecule has 0 radical (unpaired) electrons. The second kappa shape index (κ2) is 7.38.